The van der Waals surface area contributed by atoms with Crippen LogP contribution in [-0.2, 0) is 22.6 Å². The first kappa shape index (κ1) is 21.9. The van der Waals surface area contributed by atoms with Gasteiger partial charge in [-0.2, -0.15) is 0 Å². The lowest BCUT2D eigenvalue weighted by Gasteiger charge is -2.29. The van der Waals surface area contributed by atoms with Gasteiger partial charge in [-0.1, -0.05) is 61.8 Å². The molecule has 2 aromatic rings. The Morgan fingerprint density at radius 2 is 1.75 bits per heavy atom. The summed E-state index contributed by atoms with van der Waals surface area (Å²) in [7, 11) is 0. The second-order valence-electron chi connectivity index (χ2n) is 7.20. The minimum Gasteiger partial charge on any atom is -0.354 e. The molecule has 0 saturated heterocycles. The van der Waals surface area contributed by atoms with E-state index in [1.807, 2.05) is 44.2 Å². The van der Waals surface area contributed by atoms with Gasteiger partial charge in [0, 0.05) is 23.7 Å². The number of halogens is 2. The van der Waals surface area contributed by atoms with Gasteiger partial charge >= 0.3 is 0 Å². The summed E-state index contributed by atoms with van der Waals surface area (Å²) >= 11 is 6.08. The predicted molar refractivity (Wildman–Crippen MR) is 109 cm³/mol. The topological polar surface area (TPSA) is 49.4 Å². The summed E-state index contributed by atoms with van der Waals surface area (Å²) in [4.78, 5) is 27.1. The minimum absolute atomic E-state index is 0.141. The molecule has 2 amide bonds. The second-order valence-corrected chi connectivity index (χ2v) is 7.61. The zero-order valence-corrected chi connectivity index (χ0v) is 17.2. The average molecular weight is 405 g/mol. The number of hydrogen-bond acceptors (Lipinski definition) is 2. The first-order valence-corrected chi connectivity index (χ1v) is 9.71. The molecule has 1 N–H and O–H groups in total. The fraction of sp³-hybridized carbons (Fsp3) is 0.364. The van der Waals surface area contributed by atoms with Crippen molar-refractivity contribution in [3.8, 4) is 0 Å². The molecule has 28 heavy (non-hydrogen) atoms. The summed E-state index contributed by atoms with van der Waals surface area (Å²) in [5.74, 6) is -0.829. The molecule has 0 aromatic heterocycles. The molecule has 0 spiro atoms. The Hall–Kier alpha value is -2.40. The van der Waals surface area contributed by atoms with Crippen molar-refractivity contribution >= 4 is 23.4 Å². The number of carbonyl (C=O) groups is 2. The minimum atomic E-state index is -0.697. The number of amides is 2. The molecule has 0 unspecified atom stereocenters. The third-order valence-electron chi connectivity index (χ3n) is 4.44. The van der Waals surface area contributed by atoms with Crippen LogP contribution < -0.4 is 5.32 Å². The molecule has 0 aliphatic rings. The van der Waals surface area contributed by atoms with Gasteiger partial charge < -0.3 is 10.2 Å². The molecule has 2 rings (SSSR count). The van der Waals surface area contributed by atoms with Crippen molar-refractivity contribution in [1.29, 1.82) is 0 Å². The highest BCUT2D eigenvalue weighted by atomic mass is 35.5. The molecule has 6 heteroatoms. The van der Waals surface area contributed by atoms with E-state index in [0.717, 1.165) is 5.56 Å². The molecular formula is C22H26ClFN2O2. The quantitative estimate of drug-likeness (QED) is 0.716. The van der Waals surface area contributed by atoms with Gasteiger partial charge in [-0.05, 0) is 30.5 Å². The van der Waals surface area contributed by atoms with Gasteiger partial charge in [0.05, 0.1) is 6.42 Å². The van der Waals surface area contributed by atoms with Crippen LogP contribution in [-0.4, -0.2) is 29.3 Å². The van der Waals surface area contributed by atoms with Gasteiger partial charge in [-0.25, -0.2) is 4.39 Å². The SMILES string of the molecule is CC(C)CNC(=O)[C@H](C)N(Cc1ccccc1)C(=O)Cc1c(F)cccc1Cl. The van der Waals surface area contributed by atoms with E-state index in [1.165, 1.54) is 17.0 Å². The highest BCUT2D eigenvalue weighted by Gasteiger charge is 2.27. The van der Waals surface area contributed by atoms with Gasteiger partial charge in [-0.3, -0.25) is 9.59 Å². The predicted octanol–water partition coefficient (Wildman–Crippen LogP) is 4.21. The maximum Gasteiger partial charge on any atom is 0.242 e. The average Bonchev–Trinajstić information content (AvgIpc) is 2.67. The zero-order chi connectivity index (χ0) is 20.7. The Kier molecular flexibility index (Phi) is 8.00. The van der Waals surface area contributed by atoms with Crippen molar-refractivity contribution in [2.24, 2.45) is 5.92 Å². The van der Waals surface area contributed by atoms with E-state index in [1.54, 1.807) is 13.0 Å². The Labute approximate surface area is 170 Å². The lowest BCUT2D eigenvalue weighted by molar-refractivity contribution is -0.140. The summed E-state index contributed by atoms with van der Waals surface area (Å²) in [5.41, 5.74) is 1.03. The monoisotopic (exact) mass is 404 g/mol. The smallest absolute Gasteiger partial charge is 0.242 e. The highest BCUT2D eigenvalue weighted by Crippen LogP contribution is 2.21. The summed E-state index contributed by atoms with van der Waals surface area (Å²) in [6, 6.07) is 13.0. The standard InChI is InChI=1S/C22H26ClFN2O2/c1-15(2)13-25-22(28)16(3)26(14-17-8-5-4-6-9-17)21(27)12-18-19(23)10-7-11-20(18)24/h4-11,15-16H,12-14H2,1-3H3,(H,25,28)/t16-/m0/s1. The van der Waals surface area contributed by atoms with Gasteiger partial charge in [0.25, 0.3) is 0 Å². The molecule has 0 heterocycles. The van der Waals surface area contributed by atoms with Gasteiger partial charge in [0.15, 0.2) is 0 Å². The number of benzene rings is 2. The van der Waals surface area contributed by atoms with E-state index >= 15 is 0 Å². The van der Waals surface area contributed by atoms with Crippen LogP contribution in [0.2, 0.25) is 5.02 Å². The molecule has 0 aliphatic carbocycles. The lowest BCUT2D eigenvalue weighted by atomic mass is 10.1. The second kappa shape index (κ2) is 10.2. The molecule has 0 aliphatic heterocycles. The molecule has 1 atom stereocenters. The van der Waals surface area contributed by atoms with Crippen molar-refractivity contribution in [1.82, 2.24) is 10.2 Å². The van der Waals surface area contributed by atoms with Crippen LogP contribution in [0.25, 0.3) is 0 Å². The highest BCUT2D eigenvalue weighted by molar-refractivity contribution is 6.31. The number of nitrogens with one attached hydrogen (secondary N) is 1. The lowest BCUT2D eigenvalue weighted by Crippen LogP contribution is -2.48. The van der Waals surface area contributed by atoms with Crippen LogP contribution in [0.5, 0.6) is 0 Å². The maximum atomic E-state index is 14.1. The third kappa shape index (κ3) is 6.06. The summed E-state index contributed by atoms with van der Waals surface area (Å²) < 4.78 is 14.1. The Morgan fingerprint density at radius 3 is 2.36 bits per heavy atom. The first-order chi connectivity index (χ1) is 13.3. The molecule has 0 bridgehead atoms. The van der Waals surface area contributed by atoms with Crippen LogP contribution in [0.1, 0.15) is 31.9 Å². The van der Waals surface area contributed by atoms with E-state index in [-0.39, 0.29) is 35.4 Å². The molecule has 4 nitrogen and oxygen atoms in total. The summed E-state index contributed by atoms with van der Waals surface area (Å²) in [6.45, 7) is 6.45. The molecule has 0 fully saturated rings. The van der Waals surface area contributed by atoms with Crippen LogP contribution in [0.4, 0.5) is 4.39 Å². The molecule has 0 radical (unpaired) electrons. The van der Waals surface area contributed by atoms with E-state index in [2.05, 4.69) is 5.32 Å². The largest absolute Gasteiger partial charge is 0.354 e. The van der Waals surface area contributed by atoms with Crippen LogP contribution in [0, 0.1) is 11.7 Å². The molecule has 150 valence electrons. The van der Waals surface area contributed by atoms with Crippen molar-refractivity contribution in [2.75, 3.05) is 6.54 Å². The van der Waals surface area contributed by atoms with Gasteiger partial charge in [0.2, 0.25) is 11.8 Å². The Morgan fingerprint density at radius 1 is 1.07 bits per heavy atom. The van der Waals surface area contributed by atoms with E-state index in [0.29, 0.717) is 12.5 Å². The van der Waals surface area contributed by atoms with Crippen molar-refractivity contribution < 1.29 is 14.0 Å². The maximum absolute atomic E-state index is 14.1. The molecule has 0 saturated carbocycles. The third-order valence-corrected chi connectivity index (χ3v) is 4.79. The van der Waals surface area contributed by atoms with Gasteiger partial charge in [0.1, 0.15) is 11.9 Å². The number of hydrogen-bond donors (Lipinski definition) is 1. The van der Waals surface area contributed by atoms with E-state index < -0.39 is 11.9 Å². The number of nitrogens with zero attached hydrogens (tertiary/aromatic N) is 1. The Bertz CT molecular complexity index is 791. The fourth-order valence-electron chi connectivity index (χ4n) is 2.77. The number of rotatable bonds is 8. The van der Waals surface area contributed by atoms with Crippen molar-refractivity contribution in [3.05, 3.63) is 70.5 Å². The van der Waals surface area contributed by atoms with Crippen LogP contribution in [0.15, 0.2) is 48.5 Å². The normalized spacial score (nSPS) is 11.9. The number of carbonyl (C=O) groups excluding carboxylic acids is 2. The van der Waals surface area contributed by atoms with Crippen molar-refractivity contribution in [3.63, 3.8) is 0 Å². The van der Waals surface area contributed by atoms with Crippen LogP contribution in [0.3, 0.4) is 0 Å². The van der Waals surface area contributed by atoms with Crippen molar-refractivity contribution in [2.45, 2.75) is 39.8 Å². The Balaban J connectivity index is 2.23. The summed E-state index contributed by atoms with van der Waals surface area (Å²) in [5, 5.41) is 3.06. The molecule has 2 aromatic carbocycles. The van der Waals surface area contributed by atoms with Gasteiger partial charge in [-0.15, -0.1) is 0 Å². The van der Waals surface area contributed by atoms with E-state index in [9.17, 15) is 14.0 Å². The fourth-order valence-corrected chi connectivity index (χ4v) is 3.00. The first-order valence-electron chi connectivity index (χ1n) is 9.33. The molecular weight excluding hydrogens is 379 g/mol. The van der Waals surface area contributed by atoms with Crippen LogP contribution >= 0.6 is 11.6 Å². The zero-order valence-electron chi connectivity index (χ0n) is 16.4. The summed E-state index contributed by atoms with van der Waals surface area (Å²) in [6.07, 6.45) is -0.208. The van der Waals surface area contributed by atoms with E-state index in [4.69, 9.17) is 11.6 Å².